The van der Waals surface area contributed by atoms with Gasteiger partial charge in [-0.2, -0.15) is 0 Å². The minimum Gasteiger partial charge on any atom is -0.493 e. The maximum Gasteiger partial charge on any atom is 0.337 e. The van der Waals surface area contributed by atoms with Crippen LogP contribution in [0, 0.1) is 0 Å². The highest BCUT2D eigenvalue weighted by atomic mass is 16.5. The van der Waals surface area contributed by atoms with Crippen LogP contribution < -0.4 is 26.0 Å². The van der Waals surface area contributed by atoms with Crippen LogP contribution in [0.25, 0.3) is 0 Å². The third kappa shape index (κ3) is 2.72. The fraction of sp³-hybridized carbons (Fsp3) is 0.381. The van der Waals surface area contributed by atoms with Crippen molar-refractivity contribution in [3.05, 3.63) is 61.4 Å². The van der Waals surface area contributed by atoms with Crippen LogP contribution in [0.5, 0.6) is 11.5 Å². The minimum atomic E-state index is -0.765. The van der Waals surface area contributed by atoms with E-state index in [1.807, 2.05) is 6.92 Å². The molecule has 2 aliphatic heterocycles. The summed E-state index contributed by atoms with van der Waals surface area (Å²) in [6.07, 6.45) is 0.695. The Hall–Kier alpha value is -3.49. The van der Waals surface area contributed by atoms with E-state index >= 15 is 0 Å². The predicted molar refractivity (Wildman–Crippen MR) is 109 cm³/mol. The number of hydrogen-bond acceptors (Lipinski definition) is 7. The highest BCUT2D eigenvalue weighted by Crippen LogP contribution is 2.47. The van der Waals surface area contributed by atoms with Crippen LogP contribution in [0.2, 0.25) is 0 Å². The number of cyclic esters (lactones) is 1. The molecule has 0 saturated heterocycles. The van der Waals surface area contributed by atoms with Crippen molar-refractivity contribution < 1.29 is 19.0 Å². The van der Waals surface area contributed by atoms with Gasteiger partial charge in [0, 0.05) is 19.2 Å². The Labute approximate surface area is 172 Å². The standard InChI is InChI=1S/C21H23N3O6/c1-5-9-24-18-16(19(25)23(2)21(24)27)14(15-12(22-18)10-30-20(15)26)11-7-6-8-13(28-3)17(11)29-4/h6-8,14,22H,5,9-10H2,1-4H3. The summed E-state index contributed by atoms with van der Waals surface area (Å²) in [5, 5.41) is 3.13. The van der Waals surface area contributed by atoms with Crippen LogP contribution in [-0.4, -0.2) is 35.9 Å². The van der Waals surface area contributed by atoms with E-state index in [-0.39, 0.29) is 6.61 Å². The van der Waals surface area contributed by atoms with E-state index in [4.69, 9.17) is 14.2 Å². The molecule has 0 saturated carbocycles. The first kappa shape index (κ1) is 19.8. The van der Waals surface area contributed by atoms with E-state index < -0.39 is 23.1 Å². The number of carbonyl (C=O) groups excluding carboxylic acids is 1. The molecule has 30 heavy (non-hydrogen) atoms. The van der Waals surface area contributed by atoms with E-state index in [9.17, 15) is 14.4 Å². The fourth-order valence-corrected chi connectivity index (χ4v) is 4.17. The van der Waals surface area contributed by atoms with E-state index in [2.05, 4.69) is 5.32 Å². The van der Waals surface area contributed by atoms with Gasteiger partial charge in [-0.05, 0) is 12.5 Å². The van der Waals surface area contributed by atoms with Crippen molar-refractivity contribution in [1.29, 1.82) is 0 Å². The van der Waals surface area contributed by atoms with Crippen molar-refractivity contribution in [2.75, 3.05) is 26.1 Å². The Morgan fingerprint density at radius 2 is 1.97 bits per heavy atom. The molecule has 1 unspecified atom stereocenters. The number of methoxy groups -OCH3 is 2. The Balaban J connectivity index is 2.11. The van der Waals surface area contributed by atoms with Gasteiger partial charge in [-0.25, -0.2) is 9.59 Å². The maximum atomic E-state index is 13.3. The first-order valence-corrected chi connectivity index (χ1v) is 9.66. The Morgan fingerprint density at radius 1 is 1.20 bits per heavy atom. The second-order valence-electron chi connectivity index (χ2n) is 7.17. The van der Waals surface area contributed by atoms with Gasteiger partial charge >= 0.3 is 11.7 Å². The number of aromatic nitrogens is 2. The van der Waals surface area contributed by atoms with Crippen LogP contribution in [0.4, 0.5) is 5.82 Å². The number of hydrogen-bond donors (Lipinski definition) is 1. The van der Waals surface area contributed by atoms with E-state index in [1.54, 1.807) is 18.2 Å². The monoisotopic (exact) mass is 413 g/mol. The maximum absolute atomic E-state index is 13.3. The number of esters is 1. The summed E-state index contributed by atoms with van der Waals surface area (Å²) in [6.45, 7) is 2.41. The van der Waals surface area contributed by atoms with Crippen LogP contribution in [0.15, 0.2) is 39.1 Å². The molecule has 9 nitrogen and oxygen atoms in total. The molecule has 0 amide bonds. The molecule has 0 radical (unpaired) electrons. The number of para-hydroxylation sites is 1. The molecule has 0 spiro atoms. The van der Waals surface area contributed by atoms with Gasteiger partial charge in [-0.1, -0.05) is 19.1 Å². The summed E-state index contributed by atoms with van der Waals surface area (Å²) >= 11 is 0. The molecule has 2 aliphatic rings. The van der Waals surface area contributed by atoms with Gasteiger partial charge in [0.1, 0.15) is 12.4 Å². The molecule has 0 bridgehead atoms. The van der Waals surface area contributed by atoms with Gasteiger partial charge in [0.15, 0.2) is 11.5 Å². The molecule has 9 heteroatoms. The fourth-order valence-electron chi connectivity index (χ4n) is 4.17. The summed E-state index contributed by atoms with van der Waals surface area (Å²) in [5.41, 5.74) is 0.877. The summed E-state index contributed by atoms with van der Waals surface area (Å²) in [7, 11) is 4.46. The smallest absolute Gasteiger partial charge is 0.337 e. The molecule has 1 N–H and O–H groups in total. The molecule has 3 heterocycles. The van der Waals surface area contributed by atoms with Crippen molar-refractivity contribution in [3.63, 3.8) is 0 Å². The molecule has 4 rings (SSSR count). The highest BCUT2D eigenvalue weighted by Gasteiger charge is 2.43. The molecule has 1 aromatic carbocycles. The van der Waals surface area contributed by atoms with Crippen LogP contribution in [0.3, 0.4) is 0 Å². The average Bonchev–Trinajstić information content (AvgIpc) is 3.13. The van der Waals surface area contributed by atoms with Crippen molar-refractivity contribution in [3.8, 4) is 11.5 Å². The summed E-state index contributed by atoms with van der Waals surface area (Å²) < 4.78 is 18.9. The molecular weight excluding hydrogens is 390 g/mol. The lowest BCUT2D eigenvalue weighted by Crippen LogP contribution is -2.44. The van der Waals surface area contributed by atoms with E-state index in [0.29, 0.717) is 52.7 Å². The quantitative estimate of drug-likeness (QED) is 0.739. The van der Waals surface area contributed by atoms with E-state index in [1.165, 1.54) is 25.8 Å². The molecule has 1 aromatic heterocycles. The molecule has 0 fully saturated rings. The first-order valence-electron chi connectivity index (χ1n) is 9.66. The van der Waals surface area contributed by atoms with Crippen LogP contribution >= 0.6 is 0 Å². The summed E-state index contributed by atoms with van der Waals surface area (Å²) in [4.78, 5) is 38.7. The number of anilines is 1. The minimum absolute atomic E-state index is 0.0475. The normalized spacial score (nSPS) is 17.2. The zero-order chi connectivity index (χ0) is 21.6. The topological polar surface area (TPSA) is 101 Å². The van der Waals surface area contributed by atoms with Gasteiger partial charge in [0.2, 0.25) is 0 Å². The third-order valence-electron chi connectivity index (χ3n) is 5.51. The van der Waals surface area contributed by atoms with Gasteiger partial charge in [0.25, 0.3) is 5.56 Å². The van der Waals surface area contributed by atoms with Gasteiger partial charge < -0.3 is 19.5 Å². The van der Waals surface area contributed by atoms with Crippen LogP contribution in [-0.2, 0) is 23.1 Å². The molecule has 1 atom stereocenters. The number of fused-ring (bicyclic) bond motifs is 1. The zero-order valence-electron chi connectivity index (χ0n) is 17.3. The molecule has 0 aliphatic carbocycles. The lowest BCUT2D eigenvalue weighted by Gasteiger charge is -2.30. The highest BCUT2D eigenvalue weighted by molar-refractivity contribution is 5.97. The van der Waals surface area contributed by atoms with Crippen molar-refractivity contribution in [2.45, 2.75) is 25.8 Å². The van der Waals surface area contributed by atoms with Crippen molar-refractivity contribution >= 4 is 11.8 Å². The first-order chi connectivity index (χ1) is 14.4. The number of nitrogens with one attached hydrogen (secondary N) is 1. The average molecular weight is 413 g/mol. The lowest BCUT2D eigenvalue weighted by molar-refractivity contribution is -0.136. The molecular formula is C21H23N3O6. The number of rotatable bonds is 5. The Bertz CT molecular complexity index is 1190. The molecule has 158 valence electrons. The van der Waals surface area contributed by atoms with Gasteiger partial charge in [0.05, 0.1) is 37.0 Å². The number of ether oxygens (including phenoxy) is 3. The molecule has 2 aromatic rings. The van der Waals surface area contributed by atoms with Crippen LogP contribution in [0.1, 0.15) is 30.4 Å². The summed E-state index contributed by atoms with van der Waals surface area (Å²) in [6, 6.07) is 5.29. The Kier molecular flexibility index (Phi) is 4.89. The van der Waals surface area contributed by atoms with Gasteiger partial charge in [-0.3, -0.25) is 13.9 Å². The Morgan fingerprint density at radius 3 is 2.63 bits per heavy atom. The second-order valence-corrected chi connectivity index (χ2v) is 7.17. The predicted octanol–water partition coefficient (Wildman–Crippen LogP) is 1.34. The largest absolute Gasteiger partial charge is 0.493 e. The summed E-state index contributed by atoms with van der Waals surface area (Å²) in [5.74, 6) is 0.00546. The van der Waals surface area contributed by atoms with Crippen molar-refractivity contribution in [1.82, 2.24) is 9.13 Å². The number of nitrogens with zero attached hydrogens (tertiary/aromatic N) is 2. The second kappa shape index (κ2) is 7.40. The zero-order valence-corrected chi connectivity index (χ0v) is 17.3. The lowest BCUT2D eigenvalue weighted by atomic mass is 9.82. The van der Waals surface area contributed by atoms with E-state index in [0.717, 1.165) is 4.57 Å². The van der Waals surface area contributed by atoms with Crippen molar-refractivity contribution in [2.24, 2.45) is 7.05 Å². The number of carbonyl (C=O) groups is 1. The SMILES string of the molecule is CCCn1c2c(c(=O)n(C)c1=O)C(c1cccc(OC)c1OC)C1=C(COC1=O)N2. The van der Waals surface area contributed by atoms with Gasteiger partial charge in [-0.15, -0.1) is 0 Å². The number of benzene rings is 1. The third-order valence-corrected chi connectivity index (χ3v) is 5.51.